The molecule has 0 aromatic heterocycles. The SMILES string of the molecule is CCc1cc(C=O)ccc1C. The van der Waals surface area contributed by atoms with Crippen LogP contribution >= 0.6 is 0 Å². The van der Waals surface area contributed by atoms with Crippen LogP contribution in [-0.4, -0.2) is 6.29 Å². The van der Waals surface area contributed by atoms with Crippen molar-refractivity contribution < 1.29 is 4.79 Å². The topological polar surface area (TPSA) is 17.1 Å². The second-order valence-electron chi connectivity index (χ2n) is 2.66. The van der Waals surface area contributed by atoms with E-state index in [-0.39, 0.29) is 0 Å². The van der Waals surface area contributed by atoms with E-state index >= 15 is 0 Å². The van der Waals surface area contributed by atoms with Crippen molar-refractivity contribution in [1.82, 2.24) is 0 Å². The molecule has 0 atom stereocenters. The fourth-order valence-corrected chi connectivity index (χ4v) is 1.15. The van der Waals surface area contributed by atoms with E-state index in [4.69, 9.17) is 0 Å². The van der Waals surface area contributed by atoms with Crippen LogP contribution in [0.25, 0.3) is 0 Å². The molecule has 0 saturated carbocycles. The van der Waals surface area contributed by atoms with Gasteiger partial charge in [0, 0.05) is 5.56 Å². The zero-order valence-corrected chi connectivity index (χ0v) is 6.92. The Morgan fingerprint density at radius 3 is 2.73 bits per heavy atom. The van der Waals surface area contributed by atoms with Gasteiger partial charge in [-0.3, -0.25) is 4.79 Å². The second kappa shape index (κ2) is 3.33. The number of carbonyl (C=O) groups excluding carboxylic acids is 1. The molecule has 0 radical (unpaired) electrons. The van der Waals surface area contributed by atoms with Crippen LogP contribution in [0.2, 0.25) is 0 Å². The van der Waals surface area contributed by atoms with E-state index in [0.717, 1.165) is 18.3 Å². The molecule has 0 aliphatic rings. The maximum atomic E-state index is 10.4. The molecule has 0 aliphatic heterocycles. The monoisotopic (exact) mass is 148 g/mol. The molecule has 0 spiro atoms. The lowest BCUT2D eigenvalue weighted by molar-refractivity contribution is 0.112. The third kappa shape index (κ3) is 1.67. The lowest BCUT2D eigenvalue weighted by atomic mass is 10.0. The van der Waals surface area contributed by atoms with Gasteiger partial charge in [-0.1, -0.05) is 19.1 Å². The van der Waals surface area contributed by atoms with Crippen LogP contribution in [-0.2, 0) is 6.42 Å². The average Bonchev–Trinajstić information content (AvgIpc) is 2.05. The molecule has 0 heterocycles. The Balaban J connectivity index is 3.12. The van der Waals surface area contributed by atoms with E-state index in [0.29, 0.717) is 0 Å². The minimum absolute atomic E-state index is 0.771. The zero-order valence-electron chi connectivity index (χ0n) is 6.92. The van der Waals surface area contributed by atoms with Crippen molar-refractivity contribution in [2.45, 2.75) is 20.3 Å². The van der Waals surface area contributed by atoms with Crippen LogP contribution in [0.15, 0.2) is 18.2 Å². The number of aldehydes is 1. The quantitative estimate of drug-likeness (QED) is 0.588. The molecule has 0 saturated heterocycles. The zero-order chi connectivity index (χ0) is 8.27. The van der Waals surface area contributed by atoms with Crippen LogP contribution in [0.4, 0.5) is 0 Å². The molecule has 0 amide bonds. The van der Waals surface area contributed by atoms with E-state index in [1.165, 1.54) is 11.1 Å². The first kappa shape index (κ1) is 7.99. The molecule has 1 aromatic rings. The van der Waals surface area contributed by atoms with Crippen LogP contribution in [0, 0.1) is 6.92 Å². The summed E-state index contributed by atoms with van der Waals surface area (Å²) < 4.78 is 0. The minimum Gasteiger partial charge on any atom is -0.298 e. The van der Waals surface area contributed by atoms with Crippen molar-refractivity contribution in [2.75, 3.05) is 0 Å². The molecule has 0 aliphatic carbocycles. The van der Waals surface area contributed by atoms with Gasteiger partial charge < -0.3 is 0 Å². The first-order chi connectivity index (χ1) is 5.27. The van der Waals surface area contributed by atoms with Crippen molar-refractivity contribution >= 4 is 6.29 Å². The summed E-state index contributed by atoms with van der Waals surface area (Å²) in [5.74, 6) is 0. The summed E-state index contributed by atoms with van der Waals surface area (Å²) in [6, 6.07) is 5.78. The Labute approximate surface area is 67.1 Å². The van der Waals surface area contributed by atoms with E-state index in [9.17, 15) is 4.79 Å². The number of hydrogen-bond donors (Lipinski definition) is 0. The number of carbonyl (C=O) groups is 1. The molecule has 58 valence electrons. The Morgan fingerprint density at radius 1 is 1.45 bits per heavy atom. The normalized spacial score (nSPS) is 9.64. The predicted octanol–water partition coefficient (Wildman–Crippen LogP) is 2.37. The molecule has 0 bridgehead atoms. The van der Waals surface area contributed by atoms with Crippen molar-refractivity contribution in [3.63, 3.8) is 0 Å². The predicted molar refractivity (Wildman–Crippen MR) is 45.9 cm³/mol. The summed E-state index contributed by atoms with van der Waals surface area (Å²) in [5, 5.41) is 0. The molecule has 0 N–H and O–H groups in total. The summed E-state index contributed by atoms with van der Waals surface area (Å²) in [6.45, 7) is 4.16. The Hall–Kier alpha value is -1.11. The summed E-state index contributed by atoms with van der Waals surface area (Å²) in [6.07, 6.45) is 1.88. The highest BCUT2D eigenvalue weighted by atomic mass is 16.1. The second-order valence-corrected chi connectivity index (χ2v) is 2.66. The van der Waals surface area contributed by atoms with E-state index in [1.54, 1.807) is 0 Å². The van der Waals surface area contributed by atoms with E-state index in [2.05, 4.69) is 13.8 Å². The van der Waals surface area contributed by atoms with Gasteiger partial charge in [0.15, 0.2) is 0 Å². The van der Waals surface area contributed by atoms with Gasteiger partial charge in [-0.25, -0.2) is 0 Å². The molecule has 1 nitrogen and oxygen atoms in total. The van der Waals surface area contributed by atoms with Crippen LogP contribution in [0.3, 0.4) is 0 Å². The maximum absolute atomic E-state index is 10.4. The van der Waals surface area contributed by atoms with Gasteiger partial charge in [-0.05, 0) is 30.5 Å². The number of rotatable bonds is 2. The van der Waals surface area contributed by atoms with Crippen molar-refractivity contribution in [3.8, 4) is 0 Å². The average molecular weight is 148 g/mol. The lowest BCUT2D eigenvalue weighted by Gasteiger charge is -2.01. The largest absolute Gasteiger partial charge is 0.298 e. The Kier molecular flexibility index (Phi) is 2.42. The molecular formula is C10H12O. The van der Waals surface area contributed by atoms with Gasteiger partial charge in [0.2, 0.25) is 0 Å². The first-order valence-corrected chi connectivity index (χ1v) is 3.82. The minimum atomic E-state index is 0.771. The van der Waals surface area contributed by atoms with Crippen LogP contribution < -0.4 is 0 Å². The number of aryl methyl sites for hydroxylation is 2. The highest BCUT2D eigenvalue weighted by Gasteiger charge is 1.96. The summed E-state index contributed by atoms with van der Waals surface area (Å²) in [7, 11) is 0. The molecule has 11 heavy (non-hydrogen) atoms. The Morgan fingerprint density at radius 2 is 2.18 bits per heavy atom. The first-order valence-electron chi connectivity index (χ1n) is 3.82. The van der Waals surface area contributed by atoms with Crippen LogP contribution in [0.5, 0.6) is 0 Å². The maximum Gasteiger partial charge on any atom is 0.150 e. The van der Waals surface area contributed by atoms with Gasteiger partial charge >= 0.3 is 0 Å². The van der Waals surface area contributed by atoms with E-state index < -0.39 is 0 Å². The van der Waals surface area contributed by atoms with Gasteiger partial charge in [-0.15, -0.1) is 0 Å². The summed E-state index contributed by atoms with van der Waals surface area (Å²) >= 11 is 0. The third-order valence-electron chi connectivity index (χ3n) is 1.89. The van der Waals surface area contributed by atoms with Gasteiger partial charge in [0.25, 0.3) is 0 Å². The summed E-state index contributed by atoms with van der Waals surface area (Å²) in [5.41, 5.74) is 3.29. The van der Waals surface area contributed by atoms with E-state index in [1.807, 2.05) is 18.2 Å². The number of benzene rings is 1. The molecule has 1 heteroatoms. The number of hydrogen-bond acceptors (Lipinski definition) is 1. The fraction of sp³-hybridized carbons (Fsp3) is 0.300. The van der Waals surface area contributed by atoms with Gasteiger partial charge in [0.05, 0.1) is 0 Å². The highest BCUT2D eigenvalue weighted by molar-refractivity contribution is 5.75. The fourth-order valence-electron chi connectivity index (χ4n) is 1.15. The smallest absolute Gasteiger partial charge is 0.150 e. The molecule has 0 fully saturated rings. The standard InChI is InChI=1S/C10H12O/c1-3-10-6-9(7-11)5-4-8(10)2/h4-7H,3H2,1-2H3. The van der Waals surface area contributed by atoms with Crippen LogP contribution in [0.1, 0.15) is 28.4 Å². The van der Waals surface area contributed by atoms with Crippen molar-refractivity contribution in [3.05, 3.63) is 34.9 Å². The highest BCUT2D eigenvalue weighted by Crippen LogP contribution is 2.09. The molecule has 0 unspecified atom stereocenters. The van der Waals surface area contributed by atoms with Crippen molar-refractivity contribution in [1.29, 1.82) is 0 Å². The van der Waals surface area contributed by atoms with Gasteiger partial charge in [-0.2, -0.15) is 0 Å². The Bertz CT molecular complexity index is 264. The third-order valence-corrected chi connectivity index (χ3v) is 1.89. The molecular weight excluding hydrogens is 136 g/mol. The molecule has 1 rings (SSSR count). The lowest BCUT2D eigenvalue weighted by Crippen LogP contribution is -1.88. The summed E-state index contributed by atoms with van der Waals surface area (Å²) in [4.78, 5) is 10.4. The molecule has 1 aromatic carbocycles. The van der Waals surface area contributed by atoms with Crippen molar-refractivity contribution in [2.24, 2.45) is 0 Å². The van der Waals surface area contributed by atoms with Gasteiger partial charge in [0.1, 0.15) is 6.29 Å².